The maximum Gasteiger partial charge on any atom is 0.442 e. The molecule has 0 spiro atoms. The van der Waals surface area contributed by atoms with Crippen LogP contribution in [0.1, 0.15) is 35.3 Å². The summed E-state index contributed by atoms with van der Waals surface area (Å²) < 4.78 is 41.6. The van der Waals surface area contributed by atoms with Crippen LogP contribution in [-0.4, -0.2) is 42.3 Å². The van der Waals surface area contributed by atoms with Crippen molar-refractivity contribution in [3.05, 3.63) is 38.5 Å². The molecule has 2 heterocycles. The minimum Gasteiger partial charge on any atom is -0.340 e. The molecule has 154 valence electrons. The summed E-state index contributed by atoms with van der Waals surface area (Å²) >= 11 is 0. The number of rotatable bonds is 6. The Hall–Kier alpha value is -2.92. The van der Waals surface area contributed by atoms with Gasteiger partial charge in [0.1, 0.15) is 12.2 Å². The van der Waals surface area contributed by atoms with E-state index in [1.165, 1.54) is 11.9 Å². The van der Waals surface area contributed by atoms with Gasteiger partial charge in [0.15, 0.2) is 0 Å². The number of nitro groups is 1. The molecule has 0 bridgehead atoms. The molecule has 9 nitrogen and oxygen atoms in total. The predicted molar refractivity (Wildman–Crippen MR) is 92.5 cm³/mol. The molecule has 12 heteroatoms. The summed E-state index contributed by atoms with van der Waals surface area (Å²) in [6.07, 6.45) is -4.99. The number of hydrogen-bond acceptors (Lipinski definition) is 5. The Morgan fingerprint density at radius 2 is 1.79 bits per heavy atom. The average molecular weight is 402 g/mol. The molecule has 0 saturated carbocycles. The largest absolute Gasteiger partial charge is 0.442 e. The van der Waals surface area contributed by atoms with Crippen LogP contribution in [-0.2, 0) is 30.6 Å². The van der Waals surface area contributed by atoms with E-state index in [-0.39, 0.29) is 12.2 Å². The van der Waals surface area contributed by atoms with Crippen molar-refractivity contribution >= 4 is 11.6 Å². The molecule has 0 radical (unpaired) electrons. The van der Waals surface area contributed by atoms with Gasteiger partial charge in [0.25, 0.3) is 0 Å². The quantitative estimate of drug-likeness (QED) is 0.546. The van der Waals surface area contributed by atoms with Crippen LogP contribution in [0.3, 0.4) is 0 Å². The van der Waals surface area contributed by atoms with Gasteiger partial charge in [-0.3, -0.25) is 24.3 Å². The zero-order valence-corrected chi connectivity index (χ0v) is 16.2. The Morgan fingerprint density at radius 3 is 2.21 bits per heavy atom. The number of carbonyl (C=O) groups excluding carboxylic acids is 1. The molecule has 0 saturated heterocycles. The zero-order chi connectivity index (χ0) is 21.4. The number of alkyl halides is 3. The molecule has 2 rings (SSSR count). The van der Waals surface area contributed by atoms with Crippen LogP contribution >= 0.6 is 0 Å². The molecule has 0 atom stereocenters. The number of aryl methyl sites for hydroxylation is 2. The fourth-order valence-corrected chi connectivity index (χ4v) is 2.95. The highest BCUT2D eigenvalue weighted by molar-refractivity contribution is 5.76. The highest BCUT2D eigenvalue weighted by Crippen LogP contribution is 2.36. The average Bonchev–Trinajstić information content (AvgIpc) is 3.06. The predicted octanol–water partition coefficient (Wildman–Crippen LogP) is 2.61. The van der Waals surface area contributed by atoms with E-state index in [1.54, 1.807) is 4.68 Å². The van der Waals surface area contributed by atoms with E-state index in [1.807, 2.05) is 20.8 Å². The van der Waals surface area contributed by atoms with Gasteiger partial charge in [-0.1, -0.05) is 0 Å². The van der Waals surface area contributed by atoms with Crippen LogP contribution in [0.25, 0.3) is 0 Å². The number of carbonyl (C=O) groups is 1. The normalized spacial score (nSPS) is 11.7. The molecule has 28 heavy (non-hydrogen) atoms. The lowest BCUT2D eigenvalue weighted by Gasteiger charge is -2.18. The maximum absolute atomic E-state index is 13.0. The van der Waals surface area contributed by atoms with E-state index in [4.69, 9.17) is 0 Å². The van der Waals surface area contributed by atoms with E-state index in [9.17, 15) is 28.1 Å². The topological polar surface area (TPSA) is 99.1 Å². The molecule has 0 aliphatic heterocycles. The molecule has 0 aliphatic rings. The summed E-state index contributed by atoms with van der Waals surface area (Å²) in [7, 11) is 1.50. The monoisotopic (exact) mass is 402 g/mol. The summed E-state index contributed by atoms with van der Waals surface area (Å²) in [6.45, 7) is 7.08. The molecule has 0 fully saturated rings. The number of likely N-dealkylation sites (N-methyl/N-ethyl adjacent to an activating group) is 1. The summed E-state index contributed by atoms with van der Waals surface area (Å²) in [4.78, 5) is 23.7. The van der Waals surface area contributed by atoms with Crippen LogP contribution < -0.4 is 0 Å². The van der Waals surface area contributed by atoms with Crippen molar-refractivity contribution < 1.29 is 22.9 Å². The van der Waals surface area contributed by atoms with Crippen molar-refractivity contribution in [3.8, 4) is 0 Å². The van der Waals surface area contributed by atoms with E-state index in [2.05, 4.69) is 10.2 Å². The van der Waals surface area contributed by atoms with Crippen LogP contribution in [0, 0.1) is 30.9 Å². The standard InChI is InChI=1S/C16H21F3N6O3/c1-6-23-10(3)12(9(2)20-23)7-22(5)13(26)8-24-11(4)14(25(27)28)15(21-24)16(17,18)19/h6-8H2,1-5H3. The number of amides is 1. The minimum atomic E-state index is -4.99. The van der Waals surface area contributed by atoms with Crippen molar-refractivity contribution in [2.45, 2.75) is 53.5 Å². The van der Waals surface area contributed by atoms with Gasteiger partial charge in [0.2, 0.25) is 11.6 Å². The van der Waals surface area contributed by atoms with E-state index in [0.717, 1.165) is 28.6 Å². The van der Waals surface area contributed by atoms with Crippen molar-refractivity contribution in [1.29, 1.82) is 0 Å². The minimum absolute atomic E-state index is 0.213. The smallest absolute Gasteiger partial charge is 0.340 e. The van der Waals surface area contributed by atoms with Gasteiger partial charge in [-0.05, 0) is 27.7 Å². The van der Waals surface area contributed by atoms with Crippen molar-refractivity contribution in [1.82, 2.24) is 24.5 Å². The molecule has 1 amide bonds. The van der Waals surface area contributed by atoms with Gasteiger partial charge >= 0.3 is 11.9 Å². The van der Waals surface area contributed by atoms with Crippen molar-refractivity contribution in [2.75, 3.05) is 7.05 Å². The first kappa shape index (κ1) is 21.4. The van der Waals surface area contributed by atoms with E-state index in [0.29, 0.717) is 6.54 Å². The van der Waals surface area contributed by atoms with Gasteiger partial charge in [-0.25, -0.2) is 0 Å². The number of halogens is 3. The second-order valence-corrected chi connectivity index (χ2v) is 6.41. The molecule has 0 N–H and O–H groups in total. The highest BCUT2D eigenvalue weighted by Gasteiger charge is 2.44. The Morgan fingerprint density at radius 1 is 1.18 bits per heavy atom. The molecule has 0 aliphatic carbocycles. The Balaban J connectivity index is 2.25. The Kier molecular flexibility index (Phi) is 5.80. The van der Waals surface area contributed by atoms with Crippen molar-refractivity contribution in [3.63, 3.8) is 0 Å². The molecule has 2 aromatic heterocycles. The summed E-state index contributed by atoms with van der Waals surface area (Å²) in [5, 5.41) is 18.6. The van der Waals surface area contributed by atoms with Gasteiger partial charge in [0, 0.05) is 31.4 Å². The number of aromatic nitrogens is 4. The first-order chi connectivity index (χ1) is 12.9. The molecule has 2 aromatic rings. The third-order valence-corrected chi connectivity index (χ3v) is 4.56. The van der Waals surface area contributed by atoms with Gasteiger partial charge in [0.05, 0.1) is 10.6 Å². The number of hydrogen-bond donors (Lipinski definition) is 0. The third kappa shape index (κ3) is 3.99. The fraction of sp³-hybridized carbons (Fsp3) is 0.562. The number of nitrogens with zero attached hydrogens (tertiary/aromatic N) is 6. The fourth-order valence-electron chi connectivity index (χ4n) is 2.95. The molecule has 0 unspecified atom stereocenters. The van der Waals surface area contributed by atoms with Gasteiger partial charge in [-0.2, -0.15) is 23.4 Å². The highest BCUT2D eigenvalue weighted by atomic mass is 19.4. The molecular formula is C16H21F3N6O3. The molecular weight excluding hydrogens is 381 g/mol. The summed E-state index contributed by atoms with van der Waals surface area (Å²) in [6, 6.07) is 0. The lowest BCUT2D eigenvalue weighted by atomic mass is 10.2. The maximum atomic E-state index is 13.0. The third-order valence-electron chi connectivity index (χ3n) is 4.56. The first-order valence-electron chi connectivity index (χ1n) is 8.44. The second kappa shape index (κ2) is 7.60. The molecule has 0 aromatic carbocycles. The lowest BCUT2D eigenvalue weighted by molar-refractivity contribution is -0.388. The van der Waals surface area contributed by atoms with Crippen LogP contribution in [0.4, 0.5) is 18.9 Å². The second-order valence-electron chi connectivity index (χ2n) is 6.41. The summed E-state index contributed by atoms with van der Waals surface area (Å²) in [5.74, 6) is -0.530. The van der Waals surface area contributed by atoms with Crippen LogP contribution in [0.15, 0.2) is 0 Å². The van der Waals surface area contributed by atoms with Crippen molar-refractivity contribution in [2.24, 2.45) is 0 Å². The summed E-state index contributed by atoms with van der Waals surface area (Å²) in [5.41, 5.74) is -0.587. The van der Waals surface area contributed by atoms with Gasteiger partial charge < -0.3 is 4.90 Å². The van der Waals surface area contributed by atoms with E-state index < -0.39 is 34.9 Å². The lowest BCUT2D eigenvalue weighted by Crippen LogP contribution is -2.31. The Bertz CT molecular complexity index is 916. The SMILES string of the molecule is CCn1nc(C)c(CN(C)C(=O)Cn2nc(C(F)(F)F)c([N+](=O)[O-])c2C)c1C. The van der Waals surface area contributed by atoms with Crippen LogP contribution in [0.5, 0.6) is 0 Å². The Labute approximate surface area is 158 Å². The van der Waals surface area contributed by atoms with Crippen LogP contribution in [0.2, 0.25) is 0 Å². The van der Waals surface area contributed by atoms with Gasteiger partial charge in [-0.15, -0.1) is 0 Å². The first-order valence-corrected chi connectivity index (χ1v) is 8.44. The van der Waals surface area contributed by atoms with E-state index >= 15 is 0 Å². The zero-order valence-electron chi connectivity index (χ0n) is 16.2.